The summed E-state index contributed by atoms with van der Waals surface area (Å²) in [5.41, 5.74) is 9.26. The third-order valence-electron chi connectivity index (χ3n) is 4.68. The van der Waals surface area contributed by atoms with Crippen LogP contribution >= 0.6 is 11.3 Å². The zero-order chi connectivity index (χ0) is 21.5. The first-order valence-electron chi connectivity index (χ1n) is 9.12. The number of sulfone groups is 1. The molecule has 3 N–H and O–H groups in total. The second-order valence-electron chi connectivity index (χ2n) is 6.89. The molecule has 0 atom stereocenters. The number of amides is 1. The van der Waals surface area contributed by atoms with Gasteiger partial charge >= 0.3 is 0 Å². The van der Waals surface area contributed by atoms with E-state index in [0.29, 0.717) is 32.7 Å². The number of carbonyl (C=O) groups excluding carboxylic acids is 1. The number of nitrogens with one attached hydrogen (secondary N) is 1. The standard InChI is InChI=1S/C22H19N3O3S2/c1-13-16(20(26)25-15-11-7-4-8-12-15)17(14-9-5-3-6-10-14)18-19(23)22(30(2,27)28)29-21(18)24-13/h3-12H,23H2,1-2H3,(H,25,26). The lowest BCUT2D eigenvalue weighted by atomic mass is 9.95. The van der Waals surface area contributed by atoms with Crippen LogP contribution in [0.3, 0.4) is 0 Å². The number of fused-ring (bicyclic) bond motifs is 1. The van der Waals surface area contributed by atoms with Crippen LogP contribution in [-0.4, -0.2) is 25.6 Å². The number of aromatic nitrogens is 1. The van der Waals surface area contributed by atoms with Crippen molar-refractivity contribution < 1.29 is 13.2 Å². The molecular weight excluding hydrogens is 418 g/mol. The van der Waals surface area contributed by atoms with Crippen LogP contribution in [-0.2, 0) is 9.84 Å². The van der Waals surface area contributed by atoms with Crippen LogP contribution in [0.2, 0.25) is 0 Å². The molecule has 30 heavy (non-hydrogen) atoms. The van der Waals surface area contributed by atoms with E-state index in [2.05, 4.69) is 10.3 Å². The molecule has 0 fully saturated rings. The van der Waals surface area contributed by atoms with Gasteiger partial charge in [0.1, 0.15) is 9.04 Å². The van der Waals surface area contributed by atoms with Gasteiger partial charge in [-0.2, -0.15) is 0 Å². The average molecular weight is 438 g/mol. The maximum absolute atomic E-state index is 13.3. The number of para-hydroxylation sites is 1. The normalized spacial score (nSPS) is 11.5. The fourth-order valence-corrected chi connectivity index (χ4v) is 5.64. The maximum atomic E-state index is 13.3. The summed E-state index contributed by atoms with van der Waals surface area (Å²) in [6.45, 7) is 1.74. The molecule has 152 valence electrons. The number of nitrogens with zero attached hydrogens (tertiary/aromatic N) is 1. The zero-order valence-electron chi connectivity index (χ0n) is 16.3. The second-order valence-corrected chi connectivity index (χ2v) is 10.1. The molecule has 4 rings (SSSR count). The van der Waals surface area contributed by atoms with Gasteiger partial charge in [0.15, 0.2) is 9.84 Å². The molecule has 8 heteroatoms. The molecule has 0 unspecified atom stereocenters. The summed E-state index contributed by atoms with van der Waals surface area (Å²) in [7, 11) is -3.54. The van der Waals surface area contributed by atoms with Gasteiger partial charge in [-0.25, -0.2) is 13.4 Å². The van der Waals surface area contributed by atoms with Crippen molar-refractivity contribution in [2.45, 2.75) is 11.1 Å². The van der Waals surface area contributed by atoms with Crippen LogP contribution in [0.15, 0.2) is 64.9 Å². The SMILES string of the molecule is Cc1nc2sc(S(C)(=O)=O)c(N)c2c(-c2ccccc2)c1C(=O)Nc1ccccc1. The van der Waals surface area contributed by atoms with Crippen molar-refractivity contribution in [2.24, 2.45) is 0 Å². The van der Waals surface area contributed by atoms with Crippen molar-refractivity contribution in [1.82, 2.24) is 4.98 Å². The minimum atomic E-state index is -3.54. The van der Waals surface area contributed by atoms with Gasteiger partial charge in [-0.3, -0.25) is 4.79 Å². The number of hydrogen-bond donors (Lipinski definition) is 2. The molecule has 0 radical (unpaired) electrons. The highest BCUT2D eigenvalue weighted by molar-refractivity contribution is 7.93. The van der Waals surface area contributed by atoms with Crippen molar-refractivity contribution in [3.8, 4) is 11.1 Å². The molecule has 0 saturated carbocycles. The number of aryl methyl sites for hydroxylation is 1. The van der Waals surface area contributed by atoms with E-state index >= 15 is 0 Å². The van der Waals surface area contributed by atoms with Crippen LogP contribution in [0.5, 0.6) is 0 Å². The van der Waals surface area contributed by atoms with Gasteiger partial charge in [-0.1, -0.05) is 48.5 Å². The van der Waals surface area contributed by atoms with Crippen LogP contribution in [0.4, 0.5) is 11.4 Å². The van der Waals surface area contributed by atoms with E-state index in [9.17, 15) is 13.2 Å². The molecule has 2 aromatic carbocycles. The fraction of sp³-hybridized carbons (Fsp3) is 0.0909. The van der Waals surface area contributed by atoms with E-state index in [-0.39, 0.29) is 15.8 Å². The first-order chi connectivity index (χ1) is 14.3. The van der Waals surface area contributed by atoms with Gasteiger partial charge in [0, 0.05) is 22.9 Å². The van der Waals surface area contributed by atoms with E-state index in [4.69, 9.17) is 5.73 Å². The minimum absolute atomic E-state index is 0.0576. The molecule has 6 nitrogen and oxygen atoms in total. The van der Waals surface area contributed by atoms with E-state index in [1.54, 1.807) is 19.1 Å². The van der Waals surface area contributed by atoms with Gasteiger partial charge in [-0.05, 0) is 24.6 Å². The summed E-state index contributed by atoms with van der Waals surface area (Å²) in [6, 6.07) is 18.4. The Bertz CT molecular complexity index is 1360. The van der Waals surface area contributed by atoms with Crippen LogP contribution < -0.4 is 11.1 Å². The van der Waals surface area contributed by atoms with Crippen molar-refractivity contribution in [3.63, 3.8) is 0 Å². The zero-order valence-corrected chi connectivity index (χ0v) is 18.0. The van der Waals surface area contributed by atoms with Crippen LogP contribution in [0, 0.1) is 6.92 Å². The monoisotopic (exact) mass is 437 g/mol. The van der Waals surface area contributed by atoms with Crippen LogP contribution in [0.1, 0.15) is 16.1 Å². The Balaban J connectivity index is 2.03. The van der Waals surface area contributed by atoms with Gasteiger partial charge in [0.25, 0.3) is 5.91 Å². The number of rotatable bonds is 4. The number of benzene rings is 2. The highest BCUT2D eigenvalue weighted by Gasteiger charge is 2.27. The predicted octanol–water partition coefficient (Wildman–Crippen LogP) is 4.51. The topological polar surface area (TPSA) is 102 Å². The van der Waals surface area contributed by atoms with E-state index in [1.807, 2.05) is 48.5 Å². The lowest BCUT2D eigenvalue weighted by Crippen LogP contribution is -2.16. The molecule has 2 aromatic heterocycles. The summed E-state index contributed by atoms with van der Waals surface area (Å²) >= 11 is 1.02. The largest absolute Gasteiger partial charge is 0.396 e. The van der Waals surface area contributed by atoms with Gasteiger partial charge in [0.05, 0.1) is 16.9 Å². The third kappa shape index (κ3) is 3.55. The smallest absolute Gasteiger partial charge is 0.258 e. The molecule has 0 bridgehead atoms. The summed E-state index contributed by atoms with van der Waals surface area (Å²) in [4.78, 5) is 18.3. The van der Waals surface area contributed by atoms with Crippen LogP contribution in [0.25, 0.3) is 21.3 Å². The molecule has 0 spiro atoms. The lowest BCUT2D eigenvalue weighted by Gasteiger charge is -2.15. The molecule has 0 aliphatic rings. The average Bonchev–Trinajstić information content (AvgIpc) is 3.04. The van der Waals surface area contributed by atoms with Crippen molar-refractivity contribution in [3.05, 3.63) is 71.9 Å². The molecule has 1 amide bonds. The number of thiophene rings is 1. The molecule has 4 aromatic rings. The van der Waals surface area contributed by atoms with Crippen molar-refractivity contribution >= 4 is 48.7 Å². The number of hydrogen-bond acceptors (Lipinski definition) is 6. The summed E-state index contributed by atoms with van der Waals surface area (Å²) in [5.74, 6) is -0.335. The summed E-state index contributed by atoms with van der Waals surface area (Å²) in [5, 5.41) is 3.38. The Hall–Kier alpha value is -3.23. The van der Waals surface area contributed by atoms with Crippen molar-refractivity contribution in [1.29, 1.82) is 0 Å². The number of carbonyl (C=O) groups is 1. The Morgan fingerprint density at radius 3 is 2.23 bits per heavy atom. The highest BCUT2D eigenvalue weighted by Crippen LogP contribution is 2.43. The fourth-order valence-electron chi connectivity index (χ4n) is 3.41. The Labute approximate surface area is 178 Å². The van der Waals surface area contributed by atoms with Gasteiger partial charge < -0.3 is 11.1 Å². The molecule has 0 aliphatic carbocycles. The maximum Gasteiger partial charge on any atom is 0.258 e. The second kappa shape index (κ2) is 7.55. The molecule has 0 aliphatic heterocycles. The molecular formula is C22H19N3O3S2. The summed E-state index contributed by atoms with van der Waals surface area (Å²) < 4.78 is 24.5. The predicted molar refractivity (Wildman–Crippen MR) is 122 cm³/mol. The number of nitrogens with two attached hydrogens (primary N) is 1. The Morgan fingerprint density at radius 1 is 1.03 bits per heavy atom. The number of nitrogen functional groups attached to an aromatic ring is 1. The molecule has 2 heterocycles. The van der Waals surface area contributed by atoms with Gasteiger partial charge in [0.2, 0.25) is 0 Å². The minimum Gasteiger partial charge on any atom is -0.396 e. The first-order valence-corrected chi connectivity index (χ1v) is 11.8. The number of pyridine rings is 1. The van der Waals surface area contributed by atoms with Crippen molar-refractivity contribution in [2.75, 3.05) is 17.3 Å². The van der Waals surface area contributed by atoms with E-state index < -0.39 is 9.84 Å². The molecule has 0 saturated heterocycles. The Morgan fingerprint density at radius 2 is 1.63 bits per heavy atom. The first kappa shape index (κ1) is 20.1. The third-order valence-corrected chi connectivity index (χ3v) is 7.63. The highest BCUT2D eigenvalue weighted by atomic mass is 32.2. The van der Waals surface area contributed by atoms with E-state index in [0.717, 1.165) is 23.2 Å². The lowest BCUT2D eigenvalue weighted by molar-refractivity contribution is 0.102. The van der Waals surface area contributed by atoms with Gasteiger partial charge in [-0.15, -0.1) is 11.3 Å². The summed E-state index contributed by atoms with van der Waals surface area (Å²) in [6.07, 6.45) is 1.12. The quantitative estimate of drug-likeness (QED) is 0.489. The number of anilines is 2. The Kier molecular flexibility index (Phi) is 5.05. The van der Waals surface area contributed by atoms with E-state index in [1.165, 1.54) is 0 Å².